The molecule has 0 bridgehead atoms. The summed E-state index contributed by atoms with van der Waals surface area (Å²) in [5.41, 5.74) is 1.16. The Hall–Kier alpha value is -1.81. The van der Waals surface area contributed by atoms with Gasteiger partial charge in [-0.05, 0) is 70.5 Å². The number of anilines is 2. The number of halogens is 6. The highest BCUT2D eigenvalue weighted by atomic mass is 79.9. The van der Waals surface area contributed by atoms with Crippen LogP contribution < -0.4 is 10.6 Å². The Morgan fingerprint density at radius 3 is 2.37 bits per heavy atom. The van der Waals surface area contributed by atoms with Gasteiger partial charge in [-0.25, -0.2) is 0 Å². The highest BCUT2D eigenvalue weighted by Crippen LogP contribution is 2.50. The second-order valence-electron chi connectivity index (χ2n) is 5.52. The molecule has 0 fully saturated rings. The van der Waals surface area contributed by atoms with Crippen LogP contribution in [0.15, 0.2) is 45.8 Å². The third-order valence-corrected chi connectivity index (χ3v) is 5.07. The first-order valence-electron chi connectivity index (χ1n) is 7.47. The first-order valence-corrected chi connectivity index (χ1v) is 9.08. The Labute approximate surface area is 164 Å². The Bertz CT molecular complexity index is 858. The van der Waals surface area contributed by atoms with Crippen molar-refractivity contribution in [1.82, 2.24) is 0 Å². The van der Waals surface area contributed by atoms with Crippen LogP contribution in [0.1, 0.15) is 15.9 Å². The van der Waals surface area contributed by atoms with Crippen molar-refractivity contribution >= 4 is 45.0 Å². The molecule has 146 valence electrons. The molecule has 0 spiro atoms. The zero-order valence-corrected chi connectivity index (χ0v) is 16.5. The van der Waals surface area contributed by atoms with E-state index in [0.29, 0.717) is 11.3 Å². The predicted molar refractivity (Wildman–Crippen MR) is 99.7 cm³/mol. The zero-order valence-electron chi connectivity index (χ0n) is 14.0. The van der Waals surface area contributed by atoms with Gasteiger partial charge in [0.15, 0.2) is 0 Å². The number of hydrogen-bond donors (Lipinski definition) is 2. The van der Waals surface area contributed by atoms with Gasteiger partial charge in [0.25, 0.3) is 5.91 Å². The van der Waals surface area contributed by atoms with E-state index in [0.717, 1.165) is 6.07 Å². The van der Waals surface area contributed by atoms with E-state index in [2.05, 4.69) is 26.6 Å². The van der Waals surface area contributed by atoms with Gasteiger partial charge in [0.2, 0.25) is 0 Å². The minimum atomic E-state index is -5.73. The molecule has 27 heavy (non-hydrogen) atoms. The van der Waals surface area contributed by atoms with Crippen LogP contribution in [0.5, 0.6) is 0 Å². The predicted octanol–water partition coefficient (Wildman–Crippen LogP) is 6.30. The number of aryl methyl sites for hydroxylation is 1. The number of carbonyl (C=O) groups excluding carboxylic acids is 1. The van der Waals surface area contributed by atoms with Crippen LogP contribution in [-0.2, 0) is 0 Å². The van der Waals surface area contributed by atoms with E-state index >= 15 is 0 Å². The fourth-order valence-corrected chi connectivity index (χ4v) is 3.81. The van der Waals surface area contributed by atoms with Gasteiger partial charge in [0.1, 0.15) is 0 Å². The smallest absolute Gasteiger partial charge is 0.388 e. The summed E-state index contributed by atoms with van der Waals surface area (Å²) in [6.07, 6.45) is -5.73. The maximum Gasteiger partial charge on any atom is 0.464 e. The molecule has 2 N–H and O–H groups in total. The quantitative estimate of drug-likeness (QED) is 0.399. The van der Waals surface area contributed by atoms with Crippen LogP contribution in [0.4, 0.5) is 33.3 Å². The van der Waals surface area contributed by atoms with Crippen LogP contribution in [0, 0.1) is 6.92 Å². The number of carbonyl (C=O) groups is 1. The molecular weight excluding hydrogens is 455 g/mol. The molecule has 10 heteroatoms. The zero-order chi connectivity index (χ0) is 20.4. The summed E-state index contributed by atoms with van der Waals surface area (Å²) in [7, 11) is 1.65. The summed E-state index contributed by atoms with van der Waals surface area (Å²) in [5.74, 6) is -0.645. The second-order valence-corrected chi connectivity index (χ2v) is 7.53. The van der Waals surface area contributed by atoms with Crippen LogP contribution in [0.25, 0.3) is 0 Å². The number of amides is 1. The lowest BCUT2D eigenvalue weighted by molar-refractivity contribution is -0.237. The lowest BCUT2D eigenvalue weighted by Gasteiger charge is -2.21. The number of thioether (sulfide) groups is 1. The average Bonchev–Trinajstić information content (AvgIpc) is 2.56. The lowest BCUT2D eigenvalue weighted by atomic mass is 10.1. The van der Waals surface area contributed by atoms with E-state index in [4.69, 9.17) is 0 Å². The third kappa shape index (κ3) is 5.13. The molecule has 1 amide bonds. The van der Waals surface area contributed by atoms with E-state index < -0.39 is 34.0 Å². The molecule has 0 saturated carbocycles. The molecule has 2 aromatic carbocycles. The van der Waals surface area contributed by atoms with Gasteiger partial charge < -0.3 is 10.6 Å². The summed E-state index contributed by atoms with van der Waals surface area (Å²) in [6, 6.07) is 9.01. The van der Waals surface area contributed by atoms with E-state index in [1.54, 1.807) is 26.1 Å². The van der Waals surface area contributed by atoms with Crippen molar-refractivity contribution in [3.05, 3.63) is 52.0 Å². The number of alkyl halides is 5. The van der Waals surface area contributed by atoms with Crippen LogP contribution >= 0.6 is 27.7 Å². The Morgan fingerprint density at radius 1 is 1.11 bits per heavy atom. The Kier molecular flexibility index (Phi) is 6.41. The average molecular weight is 469 g/mol. The normalized spacial score (nSPS) is 12.0. The Balaban J connectivity index is 2.40. The Morgan fingerprint density at radius 2 is 1.78 bits per heavy atom. The largest absolute Gasteiger partial charge is 0.464 e. The first kappa shape index (κ1) is 21.5. The highest BCUT2D eigenvalue weighted by Gasteiger charge is 2.58. The van der Waals surface area contributed by atoms with Crippen molar-refractivity contribution in [2.45, 2.75) is 23.3 Å². The maximum atomic E-state index is 13.5. The second kappa shape index (κ2) is 8.05. The molecule has 0 atom stereocenters. The fourth-order valence-electron chi connectivity index (χ4n) is 2.11. The van der Waals surface area contributed by atoms with Crippen LogP contribution in [-0.4, -0.2) is 24.4 Å². The van der Waals surface area contributed by atoms with E-state index in [-0.39, 0.29) is 15.7 Å². The molecule has 2 aromatic rings. The van der Waals surface area contributed by atoms with E-state index in [9.17, 15) is 26.7 Å². The minimum absolute atomic E-state index is 0.158. The standard InChI is InChI=1S/C17H14BrF5N2OS/c1-9-6-12(18)14(13(7-9)27-17(22,23)16(19,20)21)25-15(26)10-4-3-5-11(8-10)24-2/h3-8,24H,1-2H3,(H,25,26). The molecule has 0 unspecified atom stereocenters. The molecule has 0 aliphatic heterocycles. The first-order chi connectivity index (χ1) is 12.4. The SMILES string of the molecule is CNc1cccc(C(=O)Nc2c(Br)cc(C)cc2SC(F)(F)C(F)(F)F)c1. The van der Waals surface area contributed by atoms with Crippen molar-refractivity contribution in [1.29, 1.82) is 0 Å². The lowest BCUT2D eigenvalue weighted by Crippen LogP contribution is -2.32. The summed E-state index contributed by atoms with van der Waals surface area (Å²) >= 11 is 2.46. The topological polar surface area (TPSA) is 41.1 Å². The monoisotopic (exact) mass is 468 g/mol. The van der Waals surface area contributed by atoms with Gasteiger partial charge in [-0.1, -0.05) is 6.07 Å². The van der Waals surface area contributed by atoms with E-state index in [1.807, 2.05) is 0 Å². The minimum Gasteiger partial charge on any atom is -0.388 e. The fraction of sp³-hybridized carbons (Fsp3) is 0.235. The highest BCUT2D eigenvalue weighted by molar-refractivity contribution is 9.10. The molecule has 0 aliphatic rings. The maximum absolute atomic E-state index is 13.5. The summed E-state index contributed by atoms with van der Waals surface area (Å²) < 4.78 is 65.0. The van der Waals surface area contributed by atoms with Gasteiger partial charge in [0.05, 0.1) is 5.69 Å². The van der Waals surface area contributed by atoms with Gasteiger partial charge in [-0.3, -0.25) is 4.79 Å². The molecule has 0 aliphatic carbocycles. The number of hydrogen-bond acceptors (Lipinski definition) is 3. The van der Waals surface area contributed by atoms with Gasteiger partial charge >= 0.3 is 11.4 Å². The number of benzene rings is 2. The van der Waals surface area contributed by atoms with Crippen LogP contribution in [0.3, 0.4) is 0 Å². The number of nitrogens with one attached hydrogen (secondary N) is 2. The molecule has 0 saturated heterocycles. The molecule has 0 radical (unpaired) electrons. The van der Waals surface area contributed by atoms with Crippen molar-refractivity contribution in [2.24, 2.45) is 0 Å². The van der Waals surface area contributed by atoms with Crippen molar-refractivity contribution < 1.29 is 26.7 Å². The van der Waals surface area contributed by atoms with Gasteiger partial charge in [-0.15, -0.1) is 0 Å². The number of rotatable bonds is 5. The van der Waals surface area contributed by atoms with E-state index in [1.165, 1.54) is 18.2 Å². The third-order valence-electron chi connectivity index (χ3n) is 3.42. The van der Waals surface area contributed by atoms with Crippen molar-refractivity contribution in [3.8, 4) is 0 Å². The van der Waals surface area contributed by atoms with Gasteiger partial charge in [-0.2, -0.15) is 22.0 Å². The van der Waals surface area contributed by atoms with Crippen molar-refractivity contribution in [3.63, 3.8) is 0 Å². The van der Waals surface area contributed by atoms with Crippen LogP contribution in [0.2, 0.25) is 0 Å². The summed E-state index contributed by atoms with van der Waals surface area (Å²) in [6.45, 7) is 1.54. The molecule has 2 rings (SSSR count). The van der Waals surface area contributed by atoms with Crippen molar-refractivity contribution in [2.75, 3.05) is 17.7 Å². The molecular formula is C17H14BrF5N2OS. The van der Waals surface area contributed by atoms with Gasteiger partial charge in [0, 0.05) is 27.7 Å². The molecule has 0 heterocycles. The summed E-state index contributed by atoms with van der Waals surface area (Å²) in [4.78, 5) is 12.1. The summed E-state index contributed by atoms with van der Waals surface area (Å²) in [5, 5.41) is 0.251. The molecule has 0 aromatic heterocycles. The molecule has 3 nitrogen and oxygen atoms in total.